The van der Waals surface area contributed by atoms with Crippen LogP contribution in [0, 0.1) is 0 Å². The molecule has 21 heavy (non-hydrogen) atoms. The van der Waals surface area contributed by atoms with Gasteiger partial charge in [0.1, 0.15) is 0 Å². The minimum atomic E-state index is -0.120. The number of hydrogen-bond donors (Lipinski definition) is 2. The number of anilines is 1. The Hall–Kier alpha value is -1.52. The van der Waals surface area contributed by atoms with Crippen LogP contribution in [0.5, 0.6) is 0 Å². The van der Waals surface area contributed by atoms with Crippen LogP contribution in [0.25, 0.3) is 0 Å². The molecule has 0 aromatic heterocycles. The van der Waals surface area contributed by atoms with Crippen molar-refractivity contribution in [3.8, 4) is 0 Å². The van der Waals surface area contributed by atoms with Gasteiger partial charge in [-0.25, -0.2) is 0 Å². The van der Waals surface area contributed by atoms with Crippen LogP contribution < -0.4 is 11.1 Å². The minimum absolute atomic E-state index is 0.00675. The summed E-state index contributed by atoms with van der Waals surface area (Å²) in [5, 5.41) is 3.67. The topological polar surface area (TPSA) is 55.1 Å². The lowest BCUT2D eigenvalue weighted by atomic mass is 10.1. The van der Waals surface area contributed by atoms with Gasteiger partial charge in [-0.15, -0.1) is 0 Å². The first kappa shape index (κ1) is 15.9. The van der Waals surface area contributed by atoms with Gasteiger partial charge in [0.05, 0.1) is 0 Å². The van der Waals surface area contributed by atoms with Gasteiger partial charge in [-0.3, -0.25) is 4.79 Å². The van der Waals surface area contributed by atoms with Crippen LogP contribution in [0.15, 0.2) is 46.9 Å². The largest absolute Gasteiger partial charge is 0.398 e. The molecule has 0 saturated heterocycles. The third-order valence-corrected chi connectivity index (χ3v) is 3.99. The summed E-state index contributed by atoms with van der Waals surface area (Å²) in [6.45, 7) is 1.96. The van der Waals surface area contributed by atoms with E-state index in [0.717, 1.165) is 16.5 Å². The number of carbonyl (C=O) groups is 1. The molecular formula is C16H16BrClN2O. The highest BCUT2D eigenvalue weighted by atomic mass is 79.9. The average Bonchev–Trinajstić information content (AvgIpc) is 2.41. The van der Waals surface area contributed by atoms with Crippen molar-refractivity contribution in [2.75, 3.05) is 5.73 Å². The summed E-state index contributed by atoms with van der Waals surface area (Å²) in [6, 6.07) is 12.8. The summed E-state index contributed by atoms with van der Waals surface area (Å²) in [5.74, 6) is -0.120. The first-order chi connectivity index (χ1) is 9.95. The molecule has 3 N–H and O–H groups in total. The summed E-state index contributed by atoms with van der Waals surface area (Å²) in [5.41, 5.74) is 7.99. The molecule has 0 heterocycles. The van der Waals surface area contributed by atoms with Crippen molar-refractivity contribution in [2.45, 2.75) is 19.4 Å². The number of amides is 1. The van der Waals surface area contributed by atoms with E-state index in [2.05, 4.69) is 21.2 Å². The Balaban J connectivity index is 2.00. The normalized spacial score (nSPS) is 12.0. The molecule has 0 bridgehead atoms. The number of benzene rings is 2. The van der Waals surface area contributed by atoms with E-state index in [1.807, 2.05) is 31.2 Å². The first-order valence-corrected chi connectivity index (χ1v) is 7.73. The molecule has 1 atom stereocenters. The Morgan fingerprint density at radius 3 is 2.76 bits per heavy atom. The average molecular weight is 368 g/mol. The number of halogens is 2. The van der Waals surface area contributed by atoms with Gasteiger partial charge in [0.2, 0.25) is 0 Å². The zero-order chi connectivity index (χ0) is 15.4. The van der Waals surface area contributed by atoms with Crippen LogP contribution >= 0.6 is 27.5 Å². The monoisotopic (exact) mass is 366 g/mol. The van der Waals surface area contributed by atoms with Crippen molar-refractivity contribution in [3.05, 3.63) is 63.1 Å². The molecule has 3 nitrogen and oxygen atoms in total. The smallest absolute Gasteiger partial charge is 0.251 e. The molecule has 5 heteroatoms. The highest BCUT2D eigenvalue weighted by Gasteiger charge is 2.11. The molecule has 1 unspecified atom stereocenters. The second-order valence-electron chi connectivity index (χ2n) is 4.94. The van der Waals surface area contributed by atoms with Crippen LogP contribution in [0.4, 0.5) is 5.69 Å². The van der Waals surface area contributed by atoms with Gasteiger partial charge < -0.3 is 11.1 Å². The molecule has 1 amide bonds. The molecule has 0 aliphatic heterocycles. The van der Waals surface area contributed by atoms with Crippen LogP contribution in [0.3, 0.4) is 0 Å². The van der Waals surface area contributed by atoms with E-state index in [0.29, 0.717) is 16.3 Å². The second-order valence-corrected chi connectivity index (χ2v) is 6.24. The molecule has 110 valence electrons. The Kier molecular flexibility index (Phi) is 5.26. The third-order valence-electron chi connectivity index (χ3n) is 3.07. The minimum Gasteiger partial charge on any atom is -0.398 e. The zero-order valence-electron chi connectivity index (χ0n) is 11.6. The van der Waals surface area contributed by atoms with E-state index in [4.69, 9.17) is 17.3 Å². The van der Waals surface area contributed by atoms with Crippen LogP contribution in [-0.4, -0.2) is 11.9 Å². The molecule has 0 aliphatic carbocycles. The summed E-state index contributed by atoms with van der Waals surface area (Å²) in [4.78, 5) is 12.2. The quantitative estimate of drug-likeness (QED) is 0.801. The van der Waals surface area contributed by atoms with Gasteiger partial charge in [0.25, 0.3) is 5.91 Å². The van der Waals surface area contributed by atoms with E-state index in [1.165, 1.54) is 0 Å². The highest BCUT2D eigenvalue weighted by Crippen LogP contribution is 2.20. The van der Waals surface area contributed by atoms with Crippen molar-refractivity contribution in [2.24, 2.45) is 0 Å². The van der Waals surface area contributed by atoms with E-state index in [1.54, 1.807) is 18.2 Å². The van der Waals surface area contributed by atoms with E-state index < -0.39 is 0 Å². The molecule has 2 aromatic carbocycles. The number of hydrogen-bond acceptors (Lipinski definition) is 2. The maximum absolute atomic E-state index is 12.2. The van der Waals surface area contributed by atoms with Crippen molar-refractivity contribution in [1.82, 2.24) is 5.32 Å². The molecular weight excluding hydrogens is 352 g/mol. The van der Waals surface area contributed by atoms with Crippen molar-refractivity contribution in [1.29, 1.82) is 0 Å². The molecule has 0 saturated carbocycles. The molecule has 2 aromatic rings. The Labute approximate surface area is 137 Å². The Bertz CT molecular complexity index is 660. The van der Waals surface area contributed by atoms with Crippen LogP contribution in [0.2, 0.25) is 5.02 Å². The van der Waals surface area contributed by atoms with Gasteiger partial charge in [0, 0.05) is 26.8 Å². The van der Waals surface area contributed by atoms with Crippen LogP contribution in [0.1, 0.15) is 22.8 Å². The molecule has 0 fully saturated rings. The fraction of sp³-hybridized carbons (Fsp3) is 0.188. The van der Waals surface area contributed by atoms with E-state index in [9.17, 15) is 4.79 Å². The zero-order valence-corrected chi connectivity index (χ0v) is 13.9. The van der Waals surface area contributed by atoms with E-state index >= 15 is 0 Å². The van der Waals surface area contributed by atoms with E-state index in [-0.39, 0.29) is 11.9 Å². The van der Waals surface area contributed by atoms with Gasteiger partial charge in [-0.2, -0.15) is 0 Å². The molecule has 0 aliphatic rings. The number of nitrogens with two attached hydrogens (primary N) is 1. The standard InChI is InChI=1S/C16H16BrClN2O/c1-10(7-11-3-2-4-13(18)8-11)20-16(21)12-5-6-15(19)14(17)9-12/h2-6,8-10H,7,19H2,1H3,(H,20,21). The number of nitrogens with one attached hydrogen (secondary N) is 1. The SMILES string of the molecule is CC(Cc1cccc(Cl)c1)NC(=O)c1ccc(N)c(Br)c1. The maximum atomic E-state index is 12.2. The van der Waals surface area contributed by atoms with Gasteiger partial charge in [-0.05, 0) is 65.2 Å². The predicted octanol–water partition coefficient (Wildman–Crippen LogP) is 4.05. The lowest BCUT2D eigenvalue weighted by Crippen LogP contribution is -2.34. The summed E-state index contributed by atoms with van der Waals surface area (Å²) in [7, 11) is 0. The van der Waals surface area contributed by atoms with Gasteiger partial charge in [-0.1, -0.05) is 23.7 Å². The third kappa shape index (κ3) is 4.48. The predicted molar refractivity (Wildman–Crippen MR) is 90.6 cm³/mol. The van der Waals surface area contributed by atoms with Crippen molar-refractivity contribution in [3.63, 3.8) is 0 Å². The number of rotatable bonds is 4. The Morgan fingerprint density at radius 2 is 2.10 bits per heavy atom. The summed E-state index contributed by atoms with van der Waals surface area (Å²) >= 11 is 9.28. The van der Waals surface area contributed by atoms with Crippen LogP contribution in [-0.2, 0) is 6.42 Å². The number of nitrogen functional groups attached to an aromatic ring is 1. The fourth-order valence-corrected chi connectivity index (χ4v) is 2.64. The van der Waals surface area contributed by atoms with Gasteiger partial charge in [0.15, 0.2) is 0 Å². The highest BCUT2D eigenvalue weighted by molar-refractivity contribution is 9.10. The second kappa shape index (κ2) is 6.96. The van der Waals surface area contributed by atoms with Gasteiger partial charge >= 0.3 is 0 Å². The maximum Gasteiger partial charge on any atom is 0.251 e. The first-order valence-electron chi connectivity index (χ1n) is 6.56. The molecule has 0 spiro atoms. The van der Waals surface area contributed by atoms with Crippen molar-refractivity contribution >= 4 is 39.1 Å². The lowest BCUT2D eigenvalue weighted by Gasteiger charge is -2.14. The summed E-state index contributed by atoms with van der Waals surface area (Å²) in [6.07, 6.45) is 0.725. The summed E-state index contributed by atoms with van der Waals surface area (Å²) < 4.78 is 0.720. The lowest BCUT2D eigenvalue weighted by molar-refractivity contribution is 0.0940. The Morgan fingerprint density at radius 1 is 1.33 bits per heavy atom. The number of carbonyl (C=O) groups excluding carboxylic acids is 1. The fourth-order valence-electron chi connectivity index (χ4n) is 2.04. The van der Waals surface area contributed by atoms with Crippen molar-refractivity contribution < 1.29 is 4.79 Å². The molecule has 0 radical (unpaired) electrons. The molecule has 2 rings (SSSR count).